The Kier molecular flexibility index (Phi) is 1.09. The number of hydrogen-bond donors (Lipinski definition) is 0. The van der Waals surface area contributed by atoms with Crippen LogP contribution in [0.25, 0.3) is 5.52 Å². The van der Waals surface area contributed by atoms with Gasteiger partial charge in [-0.25, -0.2) is 4.52 Å². The standard InChI is InChI=1S/C10H10N2/c1-2-6-12-9(3-1)7-10(11-12)8-4-5-8/h1-3,6-8H,4-5H2. The summed E-state index contributed by atoms with van der Waals surface area (Å²) in [7, 11) is 0. The first-order valence-corrected chi connectivity index (χ1v) is 4.38. The number of fused-ring (bicyclic) bond motifs is 1. The maximum Gasteiger partial charge on any atom is 0.0666 e. The van der Waals surface area contributed by atoms with Crippen molar-refractivity contribution in [1.29, 1.82) is 0 Å². The van der Waals surface area contributed by atoms with E-state index in [2.05, 4.69) is 17.2 Å². The van der Waals surface area contributed by atoms with E-state index < -0.39 is 0 Å². The van der Waals surface area contributed by atoms with E-state index in [1.807, 2.05) is 22.8 Å². The third-order valence-corrected chi connectivity index (χ3v) is 2.38. The molecule has 0 radical (unpaired) electrons. The highest BCUT2D eigenvalue weighted by molar-refractivity contribution is 5.48. The summed E-state index contributed by atoms with van der Waals surface area (Å²) in [6.07, 6.45) is 4.65. The Hall–Kier alpha value is -1.31. The van der Waals surface area contributed by atoms with E-state index in [1.54, 1.807) is 0 Å². The van der Waals surface area contributed by atoms with Crippen molar-refractivity contribution in [2.24, 2.45) is 0 Å². The van der Waals surface area contributed by atoms with Crippen LogP contribution in [0.2, 0.25) is 0 Å². The molecule has 2 aromatic heterocycles. The molecule has 0 N–H and O–H groups in total. The second kappa shape index (κ2) is 2.09. The molecular formula is C10H10N2. The molecule has 0 bridgehead atoms. The first-order valence-electron chi connectivity index (χ1n) is 4.38. The maximum absolute atomic E-state index is 4.49. The molecule has 0 aliphatic heterocycles. The number of aromatic nitrogens is 2. The van der Waals surface area contributed by atoms with Crippen LogP contribution < -0.4 is 0 Å². The molecule has 0 saturated heterocycles. The number of rotatable bonds is 1. The summed E-state index contributed by atoms with van der Waals surface area (Å²) in [5.41, 5.74) is 2.47. The number of nitrogens with zero attached hydrogens (tertiary/aromatic N) is 2. The van der Waals surface area contributed by atoms with Gasteiger partial charge in [0.2, 0.25) is 0 Å². The van der Waals surface area contributed by atoms with E-state index >= 15 is 0 Å². The number of hydrogen-bond acceptors (Lipinski definition) is 1. The average molecular weight is 158 g/mol. The highest BCUT2D eigenvalue weighted by atomic mass is 15.2. The van der Waals surface area contributed by atoms with Gasteiger partial charge < -0.3 is 0 Å². The Morgan fingerprint density at radius 1 is 1.33 bits per heavy atom. The molecule has 3 rings (SSSR count). The summed E-state index contributed by atoms with van der Waals surface area (Å²) in [4.78, 5) is 0. The Bertz CT molecular complexity index is 379. The molecular weight excluding hydrogens is 148 g/mol. The number of pyridine rings is 1. The minimum atomic E-state index is 0.755. The van der Waals surface area contributed by atoms with Crippen molar-refractivity contribution in [3.05, 3.63) is 36.2 Å². The highest BCUT2D eigenvalue weighted by Gasteiger charge is 2.25. The van der Waals surface area contributed by atoms with Crippen LogP contribution in [-0.2, 0) is 0 Å². The average Bonchev–Trinajstić information content (AvgIpc) is 2.85. The van der Waals surface area contributed by atoms with Crippen LogP contribution in [0.15, 0.2) is 30.5 Å². The van der Waals surface area contributed by atoms with Crippen molar-refractivity contribution in [2.45, 2.75) is 18.8 Å². The van der Waals surface area contributed by atoms with Gasteiger partial charge in [-0.1, -0.05) is 6.07 Å². The van der Waals surface area contributed by atoms with E-state index in [-0.39, 0.29) is 0 Å². The topological polar surface area (TPSA) is 17.3 Å². The van der Waals surface area contributed by atoms with Gasteiger partial charge in [-0.2, -0.15) is 5.10 Å². The van der Waals surface area contributed by atoms with Crippen molar-refractivity contribution < 1.29 is 0 Å². The molecule has 2 heterocycles. The van der Waals surface area contributed by atoms with Gasteiger partial charge in [-0.3, -0.25) is 0 Å². The Balaban J connectivity index is 2.23. The lowest BCUT2D eigenvalue weighted by Crippen LogP contribution is -1.85. The maximum atomic E-state index is 4.49. The third-order valence-electron chi connectivity index (χ3n) is 2.38. The summed E-state index contributed by atoms with van der Waals surface area (Å²) >= 11 is 0. The Morgan fingerprint density at radius 2 is 2.25 bits per heavy atom. The molecule has 2 nitrogen and oxygen atoms in total. The fourth-order valence-electron chi connectivity index (χ4n) is 1.54. The van der Waals surface area contributed by atoms with Crippen LogP contribution >= 0.6 is 0 Å². The first-order chi connectivity index (χ1) is 5.93. The zero-order valence-corrected chi connectivity index (χ0v) is 6.77. The predicted octanol–water partition coefficient (Wildman–Crippen LogP) is 2.21. The summed E-state index contributed by atoms with van der Waals surface area (Å²) < 4.78 is 1.95. The zero-order valence-electron chi connectivity index (χ0n) is 6.77. The van der Waals surface area contributed by atoms with Gasteiger partial charge in [0.15, 0.2) is 0 Å². The largest absolute Gasteiger partial charge is 0.241 e. The molecule has 1 fully saturated rings. The monoisotopic (exact) mass is 158 g/mol. The van der Waals surface area contributed by atoms with Crippen molar-refractivity contribution in [1.82, 2.24) is 9.61 Å². The fourth-order valence-corrected chi connectivity index (χ4v) is 1.54. The van der Waals surface area contributed by atoms with Gasteiger partial charge in [0, 0.05) is 12.1 Å². The highest BCUT2D eigenvalue weighted by Crippen LogP contribution is 2.39. The van der Waals surface area contributed by atoms with Crippen molar-refractivity contribution in [3.63, 3.8) is 0 Å². The van der Waals surface area contributed by atoms with Crippen LogP contribution in [-0.4, -0.2) is 9.61 Å². The second-order valence-corrected chi connectivity index (χ2v) is 3.41. The Morgan fingerprint density at radius 3 is 3.00 bits per heavy atom. The summed E-state index contributed by atoms with van der Waals surface area (Å²) in [5.74, 6) is 0.755. The molecule has 1 saturated carbocycles. The van der Waals surface area contributed by atoms with E-state index in [0.717, 1.165) is 5.92 Å². The molecule has 0 spiro atoms. The van der Waals surface area contributed by atoms with E-state index in [4.69, 9.17) is 0 Å². The summed E-state index contributed by atoms with van der Waals surface area (Å²) in [6, 6.07) is 8.35. The van der Waals surface area contributed by atoms with Crippen molar-refractivity contribution in [3.8, 4) is 0 Å². The second-order valence-electron chi connectivity index (χ2n) is 3.41. The van der Waals surface area contributed by atoms with Crippen LogP contribution in [0.1, 0.15) is 24.5 Å². The van der Waals surface area contributed by atoms with Gasteiger partial charge in [0.1, 0.15) is 0 Å². The first kappa shape index (κ1) is 6.23. The molecule has 0 aromatic carbocycles. The van der Waals surface area contributed by atoms with Gasteiger partial charge in [0.25, 0.3) is 0 Å². The van der Waals surface area contributed by atoms with Crippen LogP contribution in [0.3, 0.4) is 0 Å². The minimum absolute atomic E-state index is 0.755. The van der Waals surface area contributed by atoms with Crippen LogP contribution in [0.4, 0.5) is 0 Å². The molecule has 60 valence electrons. The Labute approximate surface area is 70.8 Å². The van der Waals surface area contributed by atoms with Crippen molar-refractivity contribution in [2.75, 3.05) is 0 Å². The third kappa shape index (κ3) is 0.843. The SMILES string of the molecule is c1ccn2nc(C3CC3)cc2c1. The van der Waals surface area contributed by atoms with Crippen molar-refractivity contribution >= 4 is 5.52 Å². The quantitative estimate of drug-likeness (QED) is 0.622. The minimum Gasteiger partial charge on any atom is -0.241 e. The van der Waals surface area contributed by atoms with Crippen LogP contribution in [0, 0.1) is 0 Å². The van der Waals surface area contributed by atoms with Gasteiger partial charge >= 0.3 is 0 Å². The molecule has 2 aromatic rings. The molecule has 0 unspecified atom stereocenters. The van der Waals surface area contributed by atoms with E-state index in [0.29, 0.717) is 0 Å². The summed E-state index contributed by atoms with van der Waals surface area (Å²) in [6.45, 7) is 0. The molecule has 0 amide bonds. The molecule has 1 aliphatic carbocycles. The molecule has 0 atom stereocenters. The normalized spacial score (nSPS) is 17.0. The van der Waals surface area contributed by atoms with Crippen LogP contribution in [0.5, 0.6) is 0 Å². The van der Waals surface area contributed by atoms with Gasteiger partial charge in [-0.05, 0) is 31.0 Å². The molecule has 2 heteroatoms. The predicted molar refractivity (Wildman–Crippen MR) is 47.2 cm³/mol. The molecule has 1 aliphatic rings. The van der Waals surface area contributed by atoms with E-state index in [1.165, 1.54) is 24.1 Å². The fraction of sp³-hybridized carbons (Fsp3) is 0.300. The molecule has 12 heavy (non-hydrogen) atoms. The smallest absolute Gasteiger partial charge is 0.0666 e. The lowest BCUT2D eigenvalue weighted by atomic mass is 10.3. The van der Waals surface area contributed by atoms with Gasteiger partial charge in [0.05, 0.1) is 11.2 Å². The van der Waals surface area contributed by atoms with E-state index in [9.17, 15) is 0 Å². The zero-order chi connectivity index (χ0) is 7.97. The summed E-state index contributed by atoms with van der Waals surface area (Å²) in [5, 5.41) is 4.49. The van der Waals surface area contributed by atoms with Gasteiger partial charge in [-0.15, -0.1) is 0 Å². The lowest BCUT2D eigenvalue weighted by Gasteiger charge is -1.87. The lowest BCUT2D eigenvalue weighted by molar-refractivity contribution is 0.892.